The number of amides is 4. The molecule has 2 saturated heterocycles. The predicted molar refractivity (Wildman–Crippen MR) is 230 cm³/mol. The van der Waals surface area contributed by atoms with Crippen LogP contribution >= 0.6 is 0 Å². The Morgan fingerprint density at radius 2 is 1.38 bits per heavy atom. The van der Waals surface area contributed by atoms with Gasteiger partial charge in [0.25, 0.3) is 0 Å². The second-order valence-corrected chi connectivity index (χ2v) is 16.4. The van der Waals surface area contributed by atoms with E-state index in [0.29, 0.717) is 25.9 Å². The number of allylic oxidation sites excluding steroid dienone is 1. The quantitative estimate of drug-likeness (QED) is 0.133. The van der Waals surface area contributed by atoms with Gasteiger partial charge >= 0.3 is 12.2 Å². The summed E-state index contributed by atoms with van der Waals surface area (Å²) in [5, 5.41) is 7.55. The smallest absolute Gasteiger partial charge is 0.407 e. The first-order valence-electron chi connectivity index (χ1n) is 20.5. The molecule has 312 valence electrons. The van der Waals surface area contributed by atoms with E-state index in [0.717, 1.165) is 68.7 Å². The minimum Gasteiger partial charge on any atom is -0.453 e. The van der Waals surface area contributed by atoms with Gasteiger partial charge in [-0.3, -0.25) is 14.6 Å². The first-order valence-corrected chi connectivity index (χ1v) is 20.5. The molecular formula is C46H52N8O6. The van der Waals surface area contributed by atoms with Crippen molar-refractivity contribution < 1.29 is 28.7 Å². The summed E-state index contributed by atoms with van der Waals surface area (Å²) in [6.07, 6.45) is 5.07. The van der Waals surface area contributed by atoms with Crippen LogP contribution < -0.4 is 10.6 Å². The molecule has 0 bridgehead atoms. The van der Waals surface area contributed by atoms with Crippen molar-refractivity contribution in [2.45, 2.75) is 83.6 Å². The first kappa shape index (κ1) is 41.7. The molecule has 1 unspecified atom stereocenters. The van der Waals surface area contributed by atoms with E-state index in [4.69, 9.17) is 26.0 Å². The number of fused-ring (bicyclic) bond motifs is 1. The van der Waals surface area contributed by atoms with Crippen LogP contribution in [0.5, 0.6) is 0 Å². The number of likely N-dealkylation sites (tertiary alicyclic amines) is 2. The summed E-state index contributed by atoms with van der Waals surface area (Å²) in [7, 11) is 2.56. The van der Waals surface area contributed by atoms with Crippen molar-refractivity contribution in [3.8, 4) is 22.4 Å². The number of hydrogen-bond donors (Lipinski definition) is 3. The van der Waals surface area contributed by atoms with Gasteiger partial charge in [-0.05, 0) is 69.8 Å². The maximum atomic E-state index is 13.7. The molecule has 2 fully saturated rings. The van der Waals surface area contributed by atoms with Gasteiger partial charge in [-0.1, -0.05) is 76.2 Å². The molecule has 1 aromatic heterocycles. The van der Waals surface area contributed by atoms with Gasteiger partial charge in [0.2, 0.25) is 17.9 Å². The zero-order chi connectivity index (χ0) is 42.7. The second-order valence-electron chi connectivity index (χ2n) is 16.4. The largest absolute Gasteiger partial charge is 0.453 e. The van der Waals surface area contributed by atoms with E-state index in [1.54, 1.807) is 4.90 Å². The Labute approximate surface area is 350 Å². The molecule has 0 saturated carbocycles. The number of carbonyl (C=O) groups is 4. The van der Waals surface area contributed by atoms with Crippen LogP contribution in [0.2, 0.25) is 0 Å². The summed E-state index contributed by atoms with van der Waals surface area (Å²) < 4.78 is 9.53. The van der Waals surface area contributed by atoms with Gasteiger partial charge in [0.1, 0.15) is 17.9 Å². The average Bonchev–Trinajstić information content (AvgIpc) is 4.10. The van der Waals surface area contributed by atoms with E-state index in [9.17, 15) is 19.2 Å². The third-order valence-electron chi connectivity index (χ3n) is 11.9. The molecule has 0 radical (unpaired) electrons. The number of ether oxygens (including phenoxy) is 2. The van der Waals surface area contributed by atoms with E-state index in [1.807, 2.05) is 45.0 Å². The lowest BCUT2D eigenvalue weighted by atomic mass is 9.95. The van der Waals surface area contributed by atoms with E-state index < -0.39 is 24.3 Å². The van der Waals surface area contributed by atoms with Crippen molar-refractivity contribution in [3.63, 3.8) is 0 Å². The number of hydrogen-bond acceptors (Lipinski definition) is 8. The predicted octanol–water partition coefficient (Wildman–Crippen LogP) is 7.40. The second kappa shape index (κ2) is 17.8. The Morgan fingerprint density at radius 3 is 2.00 bits per heavy atom. The lowest BCUT2D eigenvalue weighted by Gasteiger charge is -2.30. The Hall–Kier alpha value is -6.49. The number of aromatic nitrogens is 2. The van der Waals surface area contributed by atoms with E-state index in [-0.39, 0.29) is 41.8 Å². The fourth-order valence-electron chi connectivity index (χ4n) is 8.49. The lowest BCUT2D eigenvalue weighted by Crippen LogP contribution is -2.53. The first-order chi connectivity index (χ1) is 28.9. The number of rotatable bonds is 11. The van der Waals surface area contributed by atoms with Crippen molar-refractivity contribution in [1.82, 2.24) is 30.4 Å². The summed E-state index contributed by atoms with van der Waals surface area (Å²) in [5.74, 6) is 0.0662. The summed E-state index contributed by atoms with van der Waals surface area (Å²) in [6.45, 7) is 16.1. The SMILES string of the molecule is [C-]#[N+][C@@H]1C[C@@H](C2=NC=C(c3ccc(-c4ccc5cc(-c6cnc(C7CCCN7C(=O)[C@@H](NC(=O)OC)C(C)C)[nH]6)ccc5c4)cc3)C2)N(C(=O)[C@@H](NC(=O)OC)C(C)C)C1. The Morgan fingerprint density at radius 1 is 0.800 bits per heavy atom. The number of aliphatic imine (C=N–C) groups is 1. The van der Waals surface area contributed by atoms with E-state index >= 15 is 0 Å². The van der Waals surface area contributed by atoms with Crippen molar-refractivity contribution in [3.05, 3.63) is 95.9 Å². The number of aromatic amines is 1. The average molecular weight is 813 g/mol. The Kier molecular flexibility index (Phi) is 12.3. The molecular weight excluding hydrogens is 761 g/mol. The van der Waals surface area contributed by atoms with Crippen LogP contribution in [0.25, 0.3) is 43.6 Å². The van der Waals surface area contributed by atoms with E-state index in [2.05, 4.69) is 81.1 Å². The van der Waals surface area contributed by atoms with Crippen LogP contribution in [-0.4, -0.2) is 101 Å². The maximum absolute atomic E-state index is 13.7. The zero-order valence-corrected chi connectivity index (χ0v) is 34.9. The molecule has 4 aromatic rings. The van der Waals surface area contributed by atoms with Crippen LogP contribution in [-0.2, 0) is 19.1 Å². The summed E-state index contributed by atoms with van der Waals surface area (Å²) in [4.78, 5) is 71.6. The highest BCUT2D eigenvalue weighted by molar-refractivity contribution is 6.04. The Balaban J connectivity index is 1.01. The van der Waals surface area contributed by atoms with Crippen molar-refractivity contribution in [1.29, 1.82) is 0 Å². The van der Waals surface area contributed by atoms with Crippen LogP contribution in [0.4, 0.5) is 9.59 Å². The standard InChI is InChI=1S/C46H52N8O6/c1-26(2)40(51-45(57)59-6)43(55)53-18-8-9-38(53)42-49-24-37(50-42)33-17-16-31-19-30(14-15-32(31)20-33)28-10-12-29(13-11-28)34-21-36(48-23-34)39-22-35(47-5)25-54(39)44(56)41(27(3)4)52-46(58)60-7/h10-17,19-20,23-24,26-27,35,38-41H,8-9,18,21-22,25H2,1-4,6-7H3,(H,49,50)(H,51,57)(H,52,58)/t35-,38?,39+,40+,41+/m1/s1. The monoisotopic (exact) mass is 812 g/mol. The number of nitrogens with one attached hydrogen (secondary N) is 3. The third kappa shape index (κ3) is 8.61. The molecule has 3 aromatic carbocycles. The molecule has 3 N–H and O–H groups in total. The van der Waals surface area contributed by atoms with Crippen LogP contribution in [0.1, 0.15) is 70.8 Å². The maximum Gasteiger partial charge on any atom is 0.407 e. The molecule has 4 amide bonds. The molecule has 60 heavy (non-hydrogen) atoms. The molecule has 0 aliphatic carbocycles. The Bertz CT molecular complexity index is 2380. The number of benzene rings is 3. The van der Waals surface area contributed by atoms with Gasteiger partial charge in [0.15, 0.2) is 0 Å². The van der Waals surface area contributed by atoms with Crippen LogP contribution in [0.3, 0.4) is 0 Å². The minimum absolute atomic E-state index is 0.110. The summed E-state index contributed by atoms with van der Waals surface area (Å²) >= 11 is 0. The lowest BCUT2D eigenvalue weighted by molar-refractivity contribution is -0.135. The molecule has 4 heterocycles. The van der Waals surface area contributed by atoms with Crippen molar-refractivity contribution >= 4 is 46.1 Å². The molecule has 14 nitrogen and oxygen atoms in total. The van der Waals surface area contributed by atoms with Crippen LogP contribution in [0.15, 0.2) is 78.1 Å². The zero-order valence-electron chi connectivity index (χ0n) is 34.9. The third-order valence-corrected chi connectivity index (χ3v) is 11.9. The number of nitrogens with zero attached hydrogens (tertiary/aromatic N) is 5. The molecule has 14 heteroatoms. The van der Waals surface area contributed by atoms with Gasteiger partial charge in [-0.2, -0.15) is 0 Å². The fraction of sp³-hybridized carbons (Fsp3) is 0.413. The van der Waals surface area contributed by atoms with Crippen LogP contribution in [0, 0.1) is 18.4 Å². The number of carbonyl (C=O) groups excluding carboxylic acids is 4. The minimum atomic E-state index is -0.773. The summed E-state index contributed by atoms with van der Waals surface area (Å²) in [5.41, 5.74) is 6.93. The highest BCUT2D eigenvalue weighted by atomic mass is 16.5. The van der Waals surface area contributed by atoms with Gasteiger partial charge in [0, 0.05) is 30.4 Å². The normalized spacial score (nSPS) is 19.8. The van der Waals surface area contributed by atoms with Gasteiger partial charge in [-0.15, -0.1) is 0 Å². The number of imidazole rings is 1. The van der Waals surface area contributed by atoms with Gasteiger partial charge in [-0.25, -0.2) is 21.1 Å². The van der Waals surface area contributed by atoms with Gasteiger partial charge < -0.3 is 39.7 Å². The van der Waals surface area contributed by atoms with Crippen molar-refractivity contribution in [2.75, 3.05) is 27.3 Å². The number of methoxy groups -OCH3 is 2. The molecule has 3 aliphatic rings. The number of alkyl carbamates (subject to hydrolysis) is 2. The molecule has 7 rings (SSSR count). The van der Waals surface area contributed by atoms with E-state index in [1.165, 1.54) is 14.2 Å². The van der Waals surface area contributed by atoms with Crippen molar-refractivity contribution in [2.24, 2.45) is 16.8 Å². The highest BCUT2D eigenvalue weighted by Crippen LogP contribution is 2.35. The molecule has 5 atom stereocenters. The fourth-order valence-corrected chi connectivity index (χ4v) is 8.49. The van der Waals surface area contributed by atoms with Gasteiger partial charge in [0.05, 0.1) is 51.2 Å². The highest BCUT2D eigenvalue weighted by Gasteiger charge is 2.45. The topological polar surface area (TPSA) is 163 Å². The number of H-pyrrole nitrogens is 1. The molecule has 3 aliphatic heterocycles. The molecule has 0 spiro atoms. The summed E-state index contributed by atoms with van der Waals surface area (Å²) in [6, 6.07) is 18.8.